The van der Waals surface area contributed by atoms with Crippen molar-refractivity contribution in [3.8, 4) is 17.7 Å². The van der Waals surface area contributed by atoms with Crippen molar-refractivity contribution in [2.45, 2.75) is 10.3 Å². The van der Waals surface area contributed by atoms with Gasteiger partial charge in [-0.15, -0.1) is 5.10 Å². The number of ether oxygens (including phenoxy) is 2. The van der Waals surface area contributed by atoms with Crippen molar-refractivity contribution < 1.29 is 27.2 Å². The molecular formula is C15H13ClFN7O6S2. The van der Waals surface area contributed by atoms with Crippen LogP contribution in [0, 0.1) is 15.9 Å². The standard InChI is InChI=1S/C15H13ClFN7O6S2/c1-29-9-6-10(30-2)19-13(18-9)23-15(31-3)20-14(21-23)32(27,28)22-11-7(16)4-5-8(17)12(11)24(25)26/h4-6,22H,1-3H3. The highest BCUT2D eigenvalue weighted by atomic mass is 35.5. The third kappa shape index (κ3) is 4.51. The van der Waals surface area contributed by atoms with Crippen LogP contribution >= 0.6 is 23.4 Å². The number of hydrogen-bond donors (Lipinski definition) is 1. The topological polar surface area (TPSA) is 164 Å². The number of halogens is 2. The van der Waals surface area contributed by atoms with E-state index < -0.39 is 42.3 Å². The lowest BCUT2D eigenvalue weighted by molar-refractivity contribution is -0.386. The predicted molar refractivity (Wildman–Crippen MR) is 111 cm³/mol. The van der Waals surface area contributed by atoms with Gasteiger partial charge in [0.05, 0.1) is 30.2 Å². The monoisotopic (exact) mass is 505 g/mol. The Morgan fingerprint density at radius 3 is 2.38 bits per heavy atom. The molecule has 0 radical (unpaired) electrons. The molecule has 170 valence electrons. The SMILES string of the molecule is COc1cc(OC)nc(-n2nc(S(=O)(=O)Nc3c(Cl)ccc(F)c3[N+](=O)[O-])nc2SC)n1. The highest BCUT2D eigenvalue weighted by Crippen LogP contribution is 2.36. The number of methoxy groups -OCH3 is 2. The van der Waals surface area contributed by atoms with Crippen molar-refractivity contribution in [3.05, 3.63) is 39.2 Å². The van der Waals surface area contributed by atoms with Gasteiger partial charge in [-0.3, -0.25) is 14.8 Å². The summed E-state index contributed by atoms with van der Waals surface area (Å²) < 4.78 is 52.6. The molecule has 0 saturated carbocycles. The number of rotatable bonds is 8. The maximum atomic E-state index is 13.9. The van der Waals surface area contributed by atoms with Crippen LogP contribution in [0.25, 0.3) is 5.95 Å². The van der Waals surface area contributed by atoms with Crippen molar-refractivity contribution >= 4 is 44.8 Å². The Morgan fingerprint density at radius 1 is 1.22 bits per heavy atom. The minimum atomic E-state index is -4.64. The van der Waals surface area contributed by atoms with Crippen LogP contribution in [-0.2, 0) is 10.0 Å². The Morgan fingerprint density at radius 2 is 1.84 bits per heavy atom. The first kappa shape index (κ1) is 23.4. The first-order chi connectivity index (χ1) is 15.1. The number of hydrogen-bond acceptors (Lipinski definition) is 11. The summed E-state index contributed by atoms with van der Waals surface area (Å²) in [5.41, 5.74) is -1.91. The van der Waals surface area contributed by atoms with E-state index in [1.807, 2.05) is 4.72 Å². The minimum absolute atomic E-state index is 0.0560. The van der Waals surface area contributed by atoms with E-state index >= 15 is 0 Å². The van der Waals surface area contributed by atoms with Gasteiger partial charge in [-0.1, -0.05) is 23.4 Å². The molecule has 13 nitrogen and oxygen atoms in total. The summed E-state index contributed by atoms with van der Waals surface area (Å²) in [5, 5.41) is 14.0. The van der Waals surface area contributed by atoms with Gasteiger partial charge in [-0.05, 0) is 18.4 Å². The fraction of sp³-hybridized carbons (Fsp3) is 0.200. The number of nitro benzene ring substituents is 1. The maximum absolute atomic E-state index is 13.9. The van der Waals surface area contributed by atoms with E-state index in [0.29, 0.717) is 0 Å². The second kappa shape index (κ2) is 9.09. The van der Waals surface area contributed by atoms with Crippen LogP contribution in [0.4, 0.5) is 15.8 Å². The molecule has 0 atom stereocenters. The third-order valence-corrected chi connectivity index (χ3v) is 5.82. The van der Waals surface area contributed by atoms with E-state index in [1.54, 1.807) is 6.26 Å². The van der Waals surface area contributed by atoms with E-state index in [2.05, 4.69) is 20.1 Å². The summed E-state index contributed by atoms with van der Waals surface area (Å²) in [7, 11) is -1.92. The molecule has 2 aromatic heterocycles. The average molecular weight is 506 g/mol. The molecule has 17 heteroatoms. The molecule has 0 bridgehead atoms. The zero-order chi connectivity index (χ0) is 23.6. The molecular weight excluding hydrogens is 493 g/mol. The first-order valence-corrected chi connectivity index (χ1v) is 11.3. The molecule has 0 aliphatic carbocycles. The number of nitro groups is 1. The molecule has 3 aromatic rings. The fourth-order valence-electron chi connectivity index (χ4n) is 2.35. The van der Waals surface area contributed by atoms with Crippen LogP contribution in [-0.4, -0.2) is 58.5 Å². The fourth-order valence-corrected chi connectivity index (χ4v) is 4.10. The van der Waals surface area contributed by atoms with Gasteiger partial charge in [-0.25, -0.2) is 0 Å². The van der Waals surface area contributed by atoms with E-state index in [1.165, 1.54) is 20.3 Å². The normalized spacial score (nSPS) is 11.3. The van der Waals surface area contributed by atoms with Gasteiger partial charge in [-0.2, -0.15) is 32.4 Å². The van der Waals surface area contributed by atoms with E-state index in [4.69, 9.17) is 21.1 Å². The molecule has 1 aromatic carbocycles. The summed E-state index contributed by atoms with van der Waals surface area (Å²) in [6, 6.07) is 3.10. The van der Waals surface area contributed by atoms with Crippen LogP contribution in [0.5, 0.6) is 11.8 Å². The van der Waals surface area contributed by atoms with Crippen molar-refractivity contribution in [2.75, 3.05) is 25.2 Å². The van der Waals surface area contributed by atoms with Gasteiger partial charge < -0.3 is 9.47 Å². The van der Waals surface area contributed by atoms with Crippen molar-refractivity contribution in [2.24, 2.45) is 0 Å². The Hall–Kier alpha value is -3.24. The van der Waals surface area contributed by atoms with Gasteiger partial charge in [0.25, 0.3) is 21.1 Å². The lowest BCUT2D eigenvalue weighted by atomic mass is 10.2. The number of anilines is 1. The largest absolute Gasteiger partial charge is 0.481 e. The second-order valence-corrected chi connectivity index (χ2v) is 8.42. The molecule has 1 N–H and O–H groups in total. The minimum Gasteiger partial charge on any atom is -0.481 e. The molecule has 2 heterocycles. The lowest BCUT2D eigenvalue weighted by Gasteiger charge is -2.08. The average Bonchev–Trinajstić information content (AvgIpc) is 3.21. The number of sulfonamides is 1. The molecule has 0 fully saturated rings. The van der Waals surface area contributed by atoms with Crippen LogP contribution in [0.3, 0.4) is 0 Å². The number of benzene rings is 1. The van der Waals surface area contributed by atoms with Crippen LogP contribution in [0.1, 0.15) is 0 Å². The molecule has 0 aliphatic rings. The van der Waals surface area contributed by atoms with Crippen LogP contribution in [0.2, 0.25) is 5.02 Å². The molecule has 0 saturated heterocycles. The van der Waals surface area contributed by atoms with Crippen molar-refractivity contribution in [1.82, 2.24) is 24.7 Å². The predicted octanol–water partition coefficient (Wildman–Crippen LogP) is 2.30. The highest BCUT2D eigenvalue weighted by Gasteiger charge is 2.31. The van der Waals surface area contributed by atoms with Crippen LogP contribution in [0.15, 0.2) is 28.5 Å². The molecule has 32 heavy (non-hydrogen) atoms. The van der Waals surface area contributed by atoms with Gasteiger partial charge in [0.2, 0.25) is 17.6 Å². The molecule has 0 unspecified atom stereocenters. The number of nitrogens with zero attached hydrogens (tertiary/aromatic N) is 6. The number of nitrogens with one attached hydrogen (secondary N) is 1. The second-order valence-electron chi connectivity index (χ2n) is 5.66. The number of thioether (sulfide) groups is 1. The van der Waals surface area contributed by atoms with Gasteiger partial charge >= 0.3 is 5.69 Å². The molecule has 0 aliphatic heterocycles. The zero-order valence-electron chi connectivity index (χ0n) is 16.4. The Balaban J connectivity index is 2.10. The molecule has 3 rings (SSSR count). The molecule has 0 spiro atoms. The van der Waals surface area contributed by atoms with E-state index in [-0.39, 0.29) is 22.9 Å². The van der Waals surface area contributed by atoms with Crippen LogP contribution < -0.4 is 14.2 Å². The summed E-state index contributed by atoms with van der Waals surface area (Å²) in [4.78, 5) is 22.2. The smallest absolute Gasteiger partial charge is 0.330 e. The van der Waals surface area contributed by atoms with Gasteiger partial charge in [0.15, 0.2) is 5.16 Å². The quantitative estimate of drug-likeness (QED) is 0.271. The Labute approximate surface area is 189 Å². The van der Waals surface area contributed by atoms with Crippen molar-refractivity contribution in [1.29, 1.82) is 0 Å². The molecule has 0 amide bonds. The summed E-state index contributed by atoms with van der Waals surface area (Å²) in [6.07, 6.45) is 1.59. The summed E-state index contributed by atoms with van der Waals surface area (Å²) in [5.74, 6) is -1.18. The number of aromatic nitrogens is 5. The third-order valence-electron chi connectivity index (χ3n) is 3.75. The van der Waals surface area contributed by atoms with E-state index in [9.17, 15) is 22.9 Å². The summed E-state index contributed by atoms with van der Waals surface area (Å²) >= 11 is 6.88. The van der Waals surface area contributed by atoms with Gasteiger partial charge in [0, 0.05) is 0 Å². The van der Waals surface area contributed by atoms with Crippen molar-refractivity contribution in [3.63, 3.8) is 0 Å². The van der Waals surface area contributed by atoms with E-state index in [0.717, 1.165) is 28.6 Å². The first-order valence-electron chi connectivity index (χ1n) is 8.25. The zero-order valence-corrected chi connectivity index (χ0v) is 18.8. The lowest BCUT2D eigenvalue weighted by Crippen LogP contribution is -2.17. The summed E-state index contributed by atoms with van der Waals surface area (Å²) in [6.45, 7) is 0. The maximum Gasteiger partial charge on any atom is 0.330 e. The Kier molecular flexibility index (Phi) is 6.65. The Bertz CT molecular complexity index is 1280. The van der Waals surface area contributed by atoms with Gasteiger partial charge in [0.1, 0.15) is 5.69 Å². The highest BCUT2D eigenvalue weighted by molar-refractivity contribution is 7.98.